The highest BCUT2D eigenvalue weighted by Gasteiger charge is 2.32. The molecule has 6 nitrogen and oxygen atoms in total. The number of hydrogen-bond acceptors (Lipinski definition) is 4. The molecule has 0 saturated carbocycles. The van der Waals surface area contributed by atoms with Crippen molar-refractivity contribution in [3.05, 3.63) is 107 Å². The highest BCUT2D eigenvalue weighted by Crippen LogP contribution is 2.28. The van der Waals surface area contributed by atoms with Crippen LogP contribution in [0.5, 0.6) is 5.75 Å². The third-order valence-electron chi connectivity index (χ3n) is 5.86. The van der Waals surface area contributed by atoms with Crippen molar-refractivity contribution in [1.29, 1.82) is 0 Å². The number of methoxy groups -OCH3 is 1. The SMILES string of the molecule is COc1ccc(Cl)c(C(=O)N[C@H](Cc2ccccc2)C(=O)N2CC=CCC2c2cccnc2)c1. The van der Waals surface area contributed by atoms with Crippen molar-refractivity contribution in [2.24, 2.45) is 0 Å². The average Bonchev–Trinajstić information content (AvgIpc) is 2.89. The third-order valence-corrected chi connectivity index (χ3v) is 6.19. The van der Waals surface area contributed by atoms with Gasteiger partial charge in [0.1, 0.15) is 11.8 Å². The Hall–Kier alpha value is -3.64. The van der Waals surface area contributed by atoms with Crippen molar-refractivity contribution >= 4 is 23.4 Å². The van der Waals surface area contributed by atoms with Crippen LogP contribution in [0, 0.1) is 0 Å². The Morgan fingerprint density at radius 1 is 1.15 bits per heavy atom. The van der Waals surface area contributed by atoms with Crippen LogP contribution < -0.4 is 10.1 Å². The van der Waals surface area contributed by atoms with Crippen LogP contribution in [-0.4, -0.2) is 41.4 Å². The van der Waals surface area contributed by atoms with E-state index in [9.17, 15) is 9.59 Å². The lowest BCUT2D eigenvalue weighted by molar-refractivity contribution is -0.135. The van der Waals surface area contributed by atoms with Crippen molar-refractivity contribution < 1.29 is 14.3 Å². The molecule has 2 amide bonds. The topological polar surface area (TPSA) is 71.5 Å². The number of nitrogens with one attached hydrogen (secondary N) is 1. The van der Waals surface area contributed by atoms with Gasteiger partial charge in [-0.1, -0.05) is 60.2 Å². The molecule has 0 radical (unpaired) electrons. The van der Waals surface area contributed by atoms with E-state index in [1.54, 1.807) is 35.5 Å². The van der Waals surface area contributed by atoms with Gasteiger partial charge in [-0.25, -0.2) is 0 Å². The van der Waals surface area contributed by atoms with E-state index in [-0.39, 0.29) is 17.5 Å². The molecule has 1 unspecified atom stereocenters. The van der Waals surface area contributed by atoms with Crippen molar-refractivity contribution in [3.63, 3.8) is 0 Å². The third kappa shape index (κ3) is 5.46. The normalized spacial score (nSPS) is 16.1. The second-order valence-electron chi connectivity index (χ2n) is 8.06. The summed E-state index contributed by atoms with van der Waals surface area (Å²) >= 11 is 6.30. The van der Waals surface area contributed by atoms with Gasteiger partial charge in [0.2, 0.25) is 5.91 Å². The second-order valence-corrected chi connectivity index (χ2v) is 8.47. The zero-order valence-electron chi connectivity index (χ0n) is 18.9. The Morgan fingerprint density at radius 2 is 1.97 bits per heavy atom. The number of amides is 2. The molecule has 2 heterocycles. The predicted molar refractivity (Wildman–Crippen MR) is 132 cm³/mol. The van der Waals surface area contributed by atoms with E-state index in [1.807, 2.05) is 48.5 Å². The minimum Gasteiger partial charge on any atom is -0.497 e. The van der Waals surface area contributed by atoms with E-state index in [0.29, 0.717) is 30.2 Å². The van der Waals surface area contributed by atoms with Crippen LogP contribution in [-0.2, 0) is 11.2 Å². The molecule has 0 bridgehead atoms. The monoisotopic (exact) mass is 475 g/mol. The minimum atomic E-state index is -0.775. The molecule has 0 aliphatic carbocycles. The molecule has 174 valence electrons. The summed E-state index contributed by atoms with van der Waals surface area (Å²) in [5.74, 6) is -0.0728. The van der Waals surface area contributed by atoms with Gasteiger partial charge in [0, 0.05) is 25.4 Å². The first-order valence-corrected chi connectivity index (χ1v) is 11.5. The van der Waals surface area contributed by atoms with E-state index < -0.39 is 11.9 Å². The van der Waals surface area contributed by atoms with Gasteiger partial charge in [-0.15, -0.1) is 0 Å². The molecule has 1 aliphatic rings. The van der Waals surface area contributed by atoms with Crippen LogP contribution in [0.4, 0.5) is 0 Å². The second kappa shape index (κ2) is 11.0. The smallest absolute Gasteiger partial charge is 0.253 e. The number of ether oxygens (including phenoxy) is 1. The van der Waals surface area contributed by atoms with E-state index in [0.717, 1.165) is 11.1 Å². The molecule has 4 rings (SSSR count). The van der Waals surface area contributed by atoms with Crippen LogP contribution >= 0.6 is 11.6 Å². The van der Waals surface area contributed by atoms with Gasteiger partial charge in [0.05, 0.1) is 23.7 Å². The Balaban J connectivity index is 1.63. The zero-order valence-corrected chi connectivity index (χ0v) is 19.6. The molecule has 0 fully saturated rings. The number of carbonyl (C=O) groups excluding carboxylic acids is 2. The first-order chi connectivity index (χ1) is 16.6. The summed E-state index contributed by atoms with van der Waals surface area (Å²) in [4.78, 5) is 33.1. The molecule has 0 saturated heterocycles. The van der Waals surface area contributed by atoms with Crippen LogP contribution in [0.1, 0.15) is 33.9 Å². The molecule has 2 atom stereocenters. The summed E-state index contributed by atoms with van der Waals surface area (Å²) in [5.41, 5.74) is 2.17. The fourth-order valence-corrected chi connectivity index (χ4v) is 4.30. The Bertz CT molecular complexity index is 1170. The van der Waals surface area contributed by atoms with E-state index in [1.165, 1.54) is 7.11 Å². The van der Waals surface area contributed by atoms with Crippen molar-refractivity contribution in [2.45, 2.75) is 24.9 Å². The summed E-state index contributed by atoms with van der Waals surface area (Å²) in [5, 5.41) is 3.22. The van der Waals surface area contributed by atoms with Crippen LogP contribution in [0.15, 0.2) is 85.2 Å². The number of benzene rings is 2. The van der Waals surface area contributed by atoms with Crippen LogP contribution in [0.3, 0.4) is 0 Å². The number of nitrogens with zero attached hydrogens (tertiary/aromatic N) is 2. The maximum Gasteiger partial charge on any atom is 0.253 e. The van der Waals surface area contributed by atoms with Gasteiger partial charge >= 0.3 is 0 Å². The summed E-state index contributed by atoms with van der Waals surface area (Å²) in [7, 11) is 1.52. The molecule has 3 aromatic rings. The summed E-state index contributed by atoms with van der Waals surface area (Å²) in [6.45, 7) is 0.458. The number of aromatic nitrogens is 1. The largest absolute Gasteiger partial charge is 0.497 e. The van der Waals surface area contributed by atoms with Crippen LogP contribution in [0.2, 0.25) is 5.02 Å². The van der Waals surface area contributed by atoms with Gasteiger partial charge in [0.25, 0.3) is 5.91 Å². The van der Waals surface area contributed by atoms with E-state index in [4.69, 9.17) is 16.3 Å². The molecular formula is C27H26ClN3O3. The quantitative estimate of drug-likeness (QED) is 0.506. The number of hydrogen-bond donors (Lipinski definition) is 1. The molecule has 1 aromatic heterocycles. The lowest BCUT2D eigenvalue weighted by atomic mass is 9.97. The fourth-order valence-electron chi connectivity index (χ4n) is 4.09. The van der Waals surface area contributed by atoms with Crippen molar-refractivity contribution in [1.82, 2.24) is 15.2 Å². The summed E-state index contributed by atoms with van der Waals surface area (Å²) in [6, 6.07) is 17.4. The highest BCUT2D eigenvalue weighted by molar-refractivity contribution is 6.34. The van der Waals surface area contributed by atoms with Gasteiger partial charge in [0.15, 0.2) is 0 Å². The standard InChI is InChI=1S/C27H26ClN3O3/c1-34-21-12-13-23(28)22(17-21)26(32)30-24(16-19-8-3-2-4-9-19)27(33)31-15-6-5-11-25(31)20-10-7-14-29-18-20/h2-10,12-14,17-18,24-25H,11,15-16H2,1H3,(H,30,32)/t24-,25?/m1/s1. The van der Waals surface area contributed by atoms with Crippen LogP contribution in [0.25, 0.3) is 0 Å². The molecule has 1 aliphatic heterocycles. The molecule has 2 aromatic carbocycles. The van der Waals surface area contributed by atoms with E-state index >= 15 is 0 Å². The Morgan fingerprint density at radius 3 is 2.71 bits per heavy atom. The van der Waals surface area contributed by atoms with E-state index in [2.05, 4.69) is 16.4 Å². The number of rotatable bonds is 7. The average molecular weight is 476 g/mol. The number of carbonyl (C=O) groups is 2. The fraction of sp³-hybridized carbons (Fsp3) is 0.222. The molecule has 34 heavy (non-hydrogen) atoms. The minimum absolute atomic E-state index is 0.151. The van der Waals surface area contributed by atoms with Crippen molar-refractivity contribution in [3.8, 4) is 5.75 Å². The zero-order chi connectivity index (χ0) is 23.9. The van der Waals surface area contributed by atoms with Gasteiger partial charge < -0.3 is 15.0 Å². The molecule has 1 N–H and O–H groups in total. The molecule has 7 heteroatoms. The number of pyridine rings is 1. The molecule has 0 spiro atoms. The first-order valence-electron chi connectivity index (χ1n) is 11.1. The van der Waals surface area contributed by atoms with Gasteiger partial charge in [-0.2, -0.15) is 0 Å². The van der Waals surface area contributed by atoms with Gasteiger partial charge in [-0.3, -0.25) is 14.6 Å². The Labute approximate surface area is 204 Å². The Kier molecular flexibility index (Phi) is 7.60. The maximum atomic E-state index is 13.9. The maximum absolute atomic E-state index is 13.9. The van der Waals surface area contributed by atoms with Crippen molar-refractivity contribution in [2.75, 3.05) is 13.7 Å². The molecular weight excluding hydrogens is 450 g/mol. The summed E-state index contributed by atoms with van der Waals surface area (Å²) in [6.07, 6.45) is 8.58. The highest BCUT2D eigenvalue weighted by atomic mass is 35.5. The lowest BCUT2D eigenvalue weighted by Crippen LogP contribution is -2.51. The first kappa shape index (κ1) is 23.5. The number of halogens is 1. The predicted octanol–water partition coefficient (Wildman–Crippen LogP) is 4.61. The summed E-state index contributed by atoms with van der Waals surface area (Å²) < 4.78 is 5.24. The lowest BCUT2D eigenvalue weighted by Gasteiger charge is -2.36. The van der Waals surface area contributed by atoms with Gasteiger partial charge in [-0.05, 0) is 41.8 Å².